The molecule has 0 aromatic heterocycles. The number of aryl methyl sites for hydroxylation is 1. The van der Waals surface area contributed by atoms with Crippen molar-refractivity contribution in [2.75, 3.05) is 34.3 Å². The van der Waals surface area contributed by atoms with E-state index >= 15 is 0 Å². The summed E-state index contributed by atoms with van der Waals surface area (Å²) in [7, 11) is 6.20. The Morgan fingerprint density at radius 1 is 1.22 bits per heavy atom. The second-order valence-electron chi connectivity index (χ2n) is 5.43. The fourth-order valence-corrected chi connectivity index (χ4v) is 1.31. The van der Waals surface area contributed by atoms with Crippen LogP contribution in [-0.4, -0.2) is 44.7 Å². The van der Waals surface area contributed by atoms with E-state index in [9.17, 15) is 4.79 Å². The minimum atomic E-state index is -0.288. The van der Waals surface area contributed by atoms with E-state index in [-0.39, 0.29) is 5.97 Å². The predicted octanol–water partition coefficient (Wildman–Crippen LogP) is 2.26. The molecule has 98 valence electrons. The molecule has 0 atom stereocenters. The molecule has 1 aromatic carbocycles. The zero-order chi connectivity index (χ0) is 13.6. The predicted molar refractivity (Wildman–Crippen MR) is 74.1 cm³/mol. The van der Waals surface area contributed by atoms with E-state index in [2.05, 4.69) is 21.1 Å². The van der Waals surface area contributed by atoms with Gasteiger partial charge in [0.25, 0.3) is 0 Å². The molecule has 0 saturated heterocycles. The van der Waals surface area contributed by atoms with Crippen molar-refractivity contribution in [1.82, 2.24) is 0 Å². The first kappa shape index (κ1) is 14.5. The van der Waals surface area contributed by atoms with Gasteiger partial charge in [-0.3, -0.25) is 0 Å². The maximum Gasteiger partial charge on any atom is 0.330 e. The summed E-state index contributed by atoms with van der Waals surface area (Å²) in [6, 6.07) is 7.99. The van der Waals surface area contributed by atoms with Gasteiger partial charge in [0.15, 0.2) is 0 Å². The quantitative estimate of drug-likeness (QED) is 0.454. The molecule has 0 radical (unpaired) electrons. The Morgan fingerprint density at radius 2 is 1.83 bits per heavy atom. The Hall–Kier alpha value is -1.61. The molecule has 18 heavy (non-hydrogen) atoms. The van der Waals surface area contributed by atoms with Crippen molar-refractivity contribution in [2.24, 2.45) is 0 Å². The molecule has 0 unspecified atom stereocenters. The van der Waals surface area contributed by atoms with Crippen molar-refractivity contribution >= 4 is 12.0 Å². The van der Waals surface area contributed by atoms with Crippen molar-refractivity contribution in [2.45, 2.75) is 6.92 Å². The summed E-state index contributed by atoms with van der Waals surface area (Å²) in [6.07, 6.45) is 3.24. The van der Waals surface area contributed by atoms with Crippen molar-refractivity contribution in [3.8, 4) is 0 Å². The molecule has 3 heteroatoms. The fraction of sp³-hybridized carbons (Fsp3) is 0.400. The van der Waals surface area contributed by atoms with E-state index in [1.165, 1.54) is 11.6 Å². The van der Waals surface area contributed by atoms with Gasteiger partial charge < -0.3 is 9.22 Å². The van der Waals surface area contributed by atoms with Gasteiger partial charge in [-0.05, 0) is 18.6 Å². The number of ether oxygens (including phenoxy) is 1. The van der Waals surface area contributed by atoms with Crippen molar-refractivity contribution in [3.05, 3.63) is 41.5 Å². The van der Waals surface area contributed by atoms with Crippen LogP contribution in [0.15, 0.2) is 30.3 Å². The lowest BCUT2D eigenvalue weighted by Crippen LogP contribution is -2.37. The highest BCUT2D eigenvalue weighted by molar-refractivity contribution is 5.87. The highest BCUT2D eigenvalue weighted by Gasteiger charge is 2.07. The van der Waals surface area contributed by atoms with Gasteiger partial charge in [-0.1, -0.05) is 29.8 Å². The van der Waals surface area contributed by atoms with Crippen LogP contribution < -0.4 is 0 Å². The topological polar surface area (TPSA) is 26.3 Å². The summed E-state index contributed by atoms with van der Waals surface area (Å²) < 4.78 is 5.91. The Balaban J connectivity index is 2.38. The zero-order valence-electron chi connectivity index (χ0n) is 11.6. The van der Waals surface area contributed by atoms with Crippen LogP contribution in [0.5, 0.6) is 0 Å². The number of hydrogen-bond acceptors (Lipinski definition) is 2. The van der Waals surface area contributed by atoms with Crippen LogP contribution in [0.1, 0.15) is 11.1 Å². The third-order valence-electron chi connectivity index (χ3n) is 2.50. The Morgan fingerprint density at radius 3 is 2.39 bits per heavy atom. The lowest BCUT2D eigenvalue weighted by Gasteiger charge is -2.23. The third-order valence-corrected chi connectivity index (χ3v) is 2.50. The largest absolute Gasteiger partial charge is 0.457 e. The molecule has 0 heterocycles. The summed E-state index contributed by atoms with van der Waals surface area (Å²) in [5.41, 5.74) is 2.21. The Bertz CT molecular complexity index is 413. The minimum Gasteiger partial charge on any atom is -0.457 e. The third kappa shape index (κ3) is 6.21. The summed E-state index contributed by atoms with van der Waals surface area (Å²) in [5, 5.41) is 0. The molecular formula is C15H22NO2+. The second kappa shape index (κ2) is 6.36. The van der Waals surface area contributed by atoms with E-state index in [0.717, 1.165) is 16.6 Å². The summed E-state index contributed by atoms with van der Waals surface area (Å²) >= 11 is 0. The van der Waals surface area contributed by atoms with Crippen LogP contribution in [-0.2, 0) is 9.53 Å². The van der Waals surface area contributed by atoms with Crippen LogP contribution >= 0.6 is 0 Å². The number of carbonyl (C=O) groups is 1. The van der Waals surface area contributed by atoms with E-state index in [0.29, 0.717) is 6.61 Å². The average Bonchev–Trinajstić information content (AvgIpc) is 2.26. The molecule has 0 aliphatic carbocycles. The fourth-order valence-electron chi connectivity index (χ4n) is 1.31. The lowest BCUT2D eigenvalue weighted by molar-refractivity contribution is -0.870. The Labute approximate surface area is 109 Å². The second-order valence-corrected chi connectivity index (χ2v) is 5.43. The molecule has 1 aromatic rings. The van der Waals surface area contributed by atoms with Crippen LogP contribution in [0, 0.1) is 6.92 Å². The monoisotopic (exact) mass is 248 g/mol. The van der Waals surface area contributed by atoms with Crippen LogP contribution in [0.4, 0.5) is 0 Å². The lowest BCUT2D eigenvalue weighted by atomic mass is 10.1. The van der Waals surface area contributed by atoms with Gasteiger partial charge in [0, 0.05) is 6.08 Å². The van der Waals surface area contributed by atoms with Crippen molar-refractivity contribution in [1.29, 1.82) is 0 Å². The molecule has 0 fully saturated rings. The number of benzene rings is 1. The SMILES string of the molecule is Cc1ccc(C=CC(=O)OCC[N+](C)(C)C)cc1. The number of nitrogens with zero attached hydrogens (tertiary/aromatic N) is 1. The first-order chi connectivity index (χ1) is 8.37. The number of esters is 1. The van der Waals surface area contributed by atoms with E-state index < -0.39 is 0 Å². The minimum absolute atomic E-state index is 0.288. The molecule has 0 aliphatic heterocycles. The molecule has 0 amide bonds. The first-order valence-electron chi connectivity index (χ1n) is 6.09. The van der Waals surface area contributed by atoms with Gasteiger partial charge in [-0.15, -0.1) is 0 Å². The Kier molecular flexibility index (Phi) is 5.10. The normalized spacial score (nSPS) is 11.8. The highest BCUT2D eigenvalue weighted by Crippen LogP contribution is 2.05. The van der Waals surface area contributed by atoms with Crippen LogP contribution in [0.2, 0.25) is 0 Å². The van der Waals surface area contributed by atoms with E-state index in [1.807, 2.05) is 31.2 Å². The number of likely N-dealkylation sites (N-methyl/N-ethyl adjacent to an activating group) is 1. The molecule has 0 bridgehead atoms. The first-order valence-corrected chi connectivity index (χ1v) is 6.09. The van der Waals surface area contributed by atoms with Crippen molar-refractivity contribution in [3.63, 3.8) is 0 Å². The van der Waals surface area contributed by atoms with E-state index in [4.69, 9.17) is 4.74 Å². The summed E-state index contributed by atoms with van der Waals surface area (Å²) in [5.74, 6) is -0.288. The van der Waals surface area contributed by atoms with Crippen molar-refractivity contribution < 1.29 is 14.0 Å². The van der Waals surface area contributed by atoms with Gasteiger partial charge >= 0.3 is 5.97 Å². The maximum atomic E-state index is 11.5. The molecule has 0 N–H and O–H groups in total. The highest BCUT2D eigenvalue weighted by atomic mass is 16.5. The number of quaternary nitrogens is 1. The summed E-state index contributed by atoms with van der Waals surface area (Å²) in [6.45, 7) is 3.29. The van der Waals surface area contributed by atoms with Gasteiger partial charge in [0.05, 0.1) is 21.1 Å². The molecular weight excluding hydrogens is 226 g/mol. The van der Waals surface area contributed by atoms with Gasteiger partial charge in [0.2, 0.25) is 0 Å². The van der Waals surface area contributed by atoms with Gasteiger partial charge in [0.1, 0.15) is 13.2 Å². The average molecular weight is 248 g/mol. The molecule has 0 aliphatic rings. The van der Waals surface area contributed by atoms with Crippen LogP contribution in [0.3, 0.4) is 0 Å². The molecule has 0 spiro atoms. The molecule has 3 nitrogen and oxygen atoms in total. The van der Waals surface area contributed by atoms with Gasteiger partial charge in [-0.25, -0.2) is 4.79 Å². The number of rotatable bonds is 5. The zero-order valence-corrected chi connectivity index (χ0v) is 11.6. The smallest absolute Gasteiger partial charge is 0.330 e. The maximum absolute atomic E-state index is 11.5. The number of hydrogen-bond donors (Lipinski definition) is 0. The standard InChI is InChI=1S/C15H22NO2/c1-13-5-7-14(8-6-13)9-10-15(17)18-12-11-16(2,3)4/h5-10H,11-12H2,1-4H3/q+1. The van der Waals surface area contributed by atoms with Gasteiger partial charge in [-0.2, -0.15) is 0 Å². The van der Waals surface area contributed by atoms with Crippen LogP contribution in [0.25, 0.3) is 6.08 Å². The molecule has 1 rings (SSSR count). The molecule has 0 saturated carbocycles. The summed E-state index contributed by atoms with van der Waals surface area (Å²) in [4.78, 5) is 11.5. The number of carbonyl (C=O) groups excluding carboxylic acids is 1. The van der Waals surface area contributed by atoms with E-state index in [1.54, 1.807) is 6.08 Å².